The molecule has 1 fully saturated rings. The lowest BCUT2D eigenvalue weighted by atomic mass is 9.99. The lowest BCUT2D eigenvalue weighted by Gasteiger charge is -2.32. The van der Waals surface area contributed by atoms with Gasteiger partial charge in [-0.15, -0.1) is 10.2 Å². The van der Waals surface area contributed by atoms with E-state index in [4.69, 9.17) is 0 Å². The number of nitrogens with zero attached hydrogens (tertiary/aromatic N) is 4. The molecule has 2 aromatic rings. The summed E-state index contributed by atoms with van der Waals surface area (Å²) in [5, 5.41) is 14.2. The molecule has 1 saturated heterocycles. The molecular formula is C21H30N6O. The van der Waals surface area contributed by atoms with Crippen LogP contribution in [0.3, 0.4) is 0 Å². The Kier molecular flexibility index (Phi) is 6.81. The molecule has 1 aliphatic heterocycles. The van der Waals surface area contributed by atoms with Crippen molar-refractivity contribution in [3.8, 4) is 0 Å². The average Bonchev–Trinajstić information content (AvgIpc) is 2.69. The van der Waals surface area contributed by atoms with Crippen LogP contribution in [-0.4, -0.2) is 61.3 Å². The van der Waals surface area contributed by atoms with Gasteiger partial charge in [-0.2, -0.15) is 0 Å². The zero-order valence-electron chi connectivity index (χ0n) is 17.0. The smallest absolute Gasteiger partial charge is 0.276 e. The van der Waals surface area contributed by atoms with Crippen molar-refractivity contribution in [2.24, 2.45) is 5.92 Å². The summed E-state index contributed by atoms with van der Waals surface area (Å²) in [6.45, 7) is 6.17. The first kappa shape index (κ1) is 20.1. The molecule has 1 amide bonds. The van der Waals surface area contributed by atoms with Gasteiger partial charge in [0.2, 0.25) is 0 Å². The highest BCUT2D eigenvalue weighted by molar-refractivity contribution is 6.02. The highest BCUT2D eigenvalue weighted by atomic mass is 16.1. The van der Waals surface area contributed by atoms with E-state index in [1.54, 1.807) is 12.1 Å². The number of anilines is 3. The van der Waals surface area contributed by atoms with Crippen LogP contribution in [-0.2, 0) is 0 Å². The van der Waals surface area contributed by atoms with Crippen LogP contribution in [0.5, 0.6) is 0 Å². The summed E-state index contributed by atoms with van der Waals surface area (Å²) in [5.41, 5.74) is 2.26. The Balaban J connectivity index is 1.52. The van der Waals surface area contributed by atoms with Crippen LogP contribution in [0, 0.1) is 5.92 Å². The largest absolute Gasteiger partial charge is 0.372 e. The molecule has 1 aromatic carbocycles. The van der Waals surface area contributed by atoms with Gasteiger partial charge in [0.25, 0.3) is 5.91 Å². The van der Waals surface area contributed by atoms with Gasteiger partial charge >= 0.3 is 0 Å². The number of nitrogens with one attached hydrogen (secondary N) is 2. The number of aromatic nitrogens is 2. The van der Waals surface area contributed by atoms with Gasteiger partial charge in [-0.25, -0.2) is 0 Å². The Labute approximate surface area is 167 Å². The zero-order valence-corrected chi connectivity index (χ0v) is 17.0. The fourth-order valence-electron chi connectivity index (χ4n) is 3.17. The van der Waals surface area contributed by atoms with Crippen molar-refractivity contribution in [2.45, 2.75) is 19.8 Å². The topological polar surface area (TPSA) is 73.4 Å². The zero-order chi connectivity index (χ0) is 19.9. The summed E-state index contributed by atoms with van der Waals surface area (Å²) in [4.78, 5) is 16.9. The molecule has 150 valence electrons. The summed E-state index contributed by atoms with van der Waals surface area (Å²) in [6.07, 6.45) is 2.47. The predicted molar refractivity (Wildman–Crippen MR) is 114 cm³/mol. The van der Waals surface area contributed by atoms with Crippen LogP contribution < -0.4 is 15.5 Å². The summed E-state index contributed by atoms with van der Waals surface area (Å²) in [5.74, 6) is 1.22. The fraction of sp³-hybridized carbons (Fsp3) is 0.476. The van der Waals surface area contributed by atoms with Crippen LogP contribution in [0.2, 0.25) is 0 Å². The van der Waals surface area contributed by atoms with Crippen molar-refractivity contribution in [1.82, 2.24) is 15.1 Å². The Morgan fingerprint density at radius 2 is 1.82 bits per heavy atom. The number of carbonyl (C=O) groups is 1. The van der Waals surface area contributed by atoms with E-state index in [2.05, 4.69) is 49.7 Å². The quantitative estimate of drug-likeness (QED) is 0.767. The molecule has 7 nitrogen and oxygen atoms in total. The second-order valence-electron chi connectivity index (χ2n) is 7.70. The molecule has 1 aliphatic rings. The van der Waals surface area contributed by atoms with Gasteiger partial charge in [0.15, 0.2) is 5.69 Å². The van der Waals surface area contributed by atoms with Crippen molar-refractivity contribution in [3.63, 3.8) is 0 Å². The first-order chi connectivity index (χ1) is 13.5. The van der Waals surface area contributed by atoms with E-state index in [0.717, 1.165) is 37.8 Å². The molecule has 1 aromatic heterocycles. The van der Waals surface area contributed by atoms with Crippen LogP contribution in [0.25, 0.3) is 0 Å². The fourth-order valence-corrected chi connectivity index (χ4v) is 3.17. The van der Waals surface area contributed by atoms with Crippen molar-refractivity contribution < 1.29 is 4.79 Å². The number of rotatable bonds is 7. The molecule has 0 spiro atoms. The molecule has 0 bridgehead atoms. The Morgan fingerprint density at radius 1 is 1.11 bits per heavy atom. The van der Waals surface area contributed by atoms with Gasteiger partial charge < -0.3 is 20.4 Å². The third-order valence-corrected chi connectivity index (χ3v) is 5.04. The second kappa shape index (κ2) is 9.50. The van der Waals surface area contributed by atoms with E-state index < -0.39 is 0 Å². The SMILES string of the molecule is CC1CCN(c2ccc(NC(=O)c3ccc(NCCN(C)C)nn3)cc2)CC1. The van der Waals surface area contributed by atoms with E-state index in [0.29, 0.717) is 11.5 Å². The molecular weight excluding hydrogens is 352 g/mol. The highest BCUT2D eigenvalue weighted by Crippen LogP contribution is 2.24. The molecule has 0 unspecified atom stereocenters. The predicted octanol–water partition coefficient (Wildman–Crippen LogP) is 2.94. The standard InChI is InChI=1S/C21H30N6O/c1-16-10-13-27(14-11-16)18-6-4-17(5-7-18)23-21(28)19-8-9-20(25-24-19)22-12-15-26(2)3/h4-9,16H,10-15H2,1-3H3,(H,22,25)(H,23,28). The summed E-state index contributed by atoms with van der Waals surface area (Å²) in [7, 11) is 4.03. The highest BCUT2D eigenvalue weighted by Gasteiger charge is 2.16. The molecule has 0 saturated carbocycles. The molecule has 7 heteroatoms. The lowest BCUT2D eigenvalue weighted by molar-refractivity contribution is 0.102. The molecule has 2 heterocycles. The maximum absolute atomic E-state index is 12.4. The Morgan fingerprint density at radius 3 is 2.43 bits per heavy atom. The van der Waals surface area contributed by atoms with Crippen LogP contribution in [0.15, 0.2) is 36.4 Å². The van der Waals surface area contributed by atoms with E-state index in [1.807, 2.05) is 26.2 Å². The molecule has 28 heavy (non-hydrogen) atoms. The van der Waals surface area contributed by atoms with Crippen molar-refractivity contribution >= 4 is 23.1 Å². The third-order valence-electron chi connectivity index (χ3n) is 5.04. The van der Waals surface area contributed by atoms with E-state index >= 15 is 0 Å². The van der Waals surface area contributed by atoms with Crippen LogP contribution >= 0.6 is 0 Å². The molecule has 0 radical (unpaired) electrons. The average molecular weight is 383 g/mol. The Bertz CT molecular complexity index is 751. The van der Waals surface area contributed by atoms with Gasteiger partial charge in [-0.1, -0.05) is 6.92 Å². The van der Waals surface area contributed by atoms with Gasteiger partial charge in [0.05, 0.1) is 0 Å². The molecule has 0 aliphatic carbocycles. The van der Waals surface area contributed by atoms with E-state index in [9.17, 15) is 4.79 Å². The minimum Gasteiger partial charge on any atom is -0.372 e. The third kappa shape index (κ3) is 5.66. The lowest BCUT2D eigenvalue weighted by Crippen LogP contribution is -2.32. The van der Waals surface area contributed by atoms with Crippen molar-refractivity contribution in [3.05, 3.63) is 42.1 Å². The van der Waals surface area contributed by atoms with Gasteiger partial charge in [-0.05, 0) is 69.3 Å². The Hall–Kier alpha value is -2.67. The number of amides is 1. The number of carbonyl (C=O) groups excluding carboxylic acids is 1. The maximum atomic E-state index is 12.4. The van der Waals surface area contributed by atoms with Crippen molar-refractivity contribution in [2.75, 3.05) is 55.8 Å². The first-order valence-corrected chi connectivity index (χ1v) is 9.90. The van der Waals surface area contributed by atoms with Crippen LogP contribution in [0.4, 0.5) is 17.2 Å². The summed E-state index contributed by atoms with van der Waals surface area (Å²) >= 11 is 0. The summed E-state index contributed by atoms with van der Waals surface area (Å²) < 4.78 is 0. The summed E-state index contributed by atoms with van der Waals surface area (Å²) in [6, 6.07) is 11.5. The minimum absolute atomic E-state index is 0.258. The normalized spacial score (nSPS) is 14.9. The van der Waals surface area contributed by atoms with Crippen LogP contribution in [0.1, 0.15) is 30.3 Å². The number of benzene rings is 1. The number of hydrogen-bond donors (Lipinski definition) is 2. The van der Waals surface area contributed by atoms with Gasteiger partial charge in [-0.3, -0.25) is 4.79 Å². The second-order valence-corrected chi connectivity index (χ2v) is 7.70. The van der Waals surface area contributed by atoms with Gasteiger partial charge in [0, 0.05) is 37.6 Å². The van der Waals surface area contributed by atoms with E-state index in [1.165, 1.54) is 18.5 Å². The molecule has 3 rings (SSSR count). The first-order valence-electron chi connectivity index (χ1n) is 9.90. The number of hydrogen-bond acceptors (Lipinski definition) is 6. The monoisotopic (exact) mass is 382 g/mol. The molecule has 2 N–H and O–H groups in total. The number of piperidine rings is 1. The van der Waals surface area contributed by atoms with E-state index in [-0.39, 0.29) is 5.91 Å². The molecule has 0 atom stereocenters. The van der Waals surface area contributed by atoms with Crippen molar-refractivity contribution in [1.29, 1.82) is 0 Å². The maximum Gasteiger partial charge on any atom is 0.276 e. The number of likely N-dealkylation sites (N-methyl/N-ethyl adjacent to an activating group) is 1. The minimum atomic E-state index is -0.258. The van der Waals surface area contributed by atoms with Gasteiger partial charge in [0.1, 0.15) is 5.82 Å².